The average Bonchev–Trinajstić information content (AvgIpc) is 2.44. The highest BCUT2D eigenvalue weighted by atomic mass is 16.3. The first-order valence-electron chi connectivity index (χ1n) is 7.45. The van der Waals surface area contributed by atoms with Gasteiger partial charge >= 0.3 is 6.03 Å². The lowest BCUT2D eigenvalue weighted by molar-refractivity contribution is 0.0501. The summed E-state index contributed by atoms with van der Waals surface area (Å²) in [4.78, 5) is 18.5. The first-order chi connectivity index (χ1) is 10.3. The summed E-state index contributed by atoms with van der Waals surface area (Å²) in [5, 5.41) is 13.8. The molecule has 118 valence electrons. The lowest BCUT2D eigenvalue weighted by Crippen LogP contribution is -2.44. The summed E-state index contributed by atoms with van der Waals surface area (Å²) in [6.45, 7) is 7.97. The molecule has 2 rings (SSSR count). The highest BCUT2D eigenvalue weighted by molar-refractivity contribution is 5.99. The molecule has 0 spiro atoms. The molecule has 5 nitrogen and oxygen atoms in total. The van der Waals surface area contributed by atoms with Crippen molar-refractivity contribution in [2.45, 2.75) is 33.3 Å². The van der Waals surface area contributed by atoms with E-state index in [-0.39, 0.29) is 12.6 Å². The van der Waals surface area contributed by atoms with E-state index in [4.69, 9.17) is 0 Å². The van der Waals surface area contributed by atoms with Crippen molar-refractivity contribution in [1.29, 1.82) is 0 Å². The second-order valence-corrected chi connectivity index (χ2v) is 6.09. The van der Waals surface area contributed by atoms with Crippen LogP contribution in [0.1, 0.15) is 26.5 Å². The standard InChI is InChI=1S/C17H23N3O2/c1-5-20(11-17(3,4)22)16(21)19-14-8-6-7-13-10-9-12(2)18-15(13)14/h6-10,22H,5,11H2,1-4H3,(H,19,21). The number of nitrogens with one attached hydrogen (secondary N) is 1. The quantitative estimate of drug-likeness (QED) is 0.911. The monoisotopic (exact) mass is 301 g/mol. The van der Waals surface area contributed by atoms with Crippen LogP contribution in [0.5, 0.6) is 0 Å². The number of fused-ring (bicyclic) bond motifs is 1. The Kier molecular flexibility index (Phi) is 4.66. The molecule has 0 unspecified atom stereocenters. The van der Waals surface area contributed by atoms with E-state index < -0.39 is 5.60 Å². The molecular formula is C17H23N3O2. The maximum Gasteiger partial charge on any atom is 0.321 e. The molecule has 1 heterocycles. The fourth-order valence-electron chi connectivity index (χ4n) is 2.33. The van der Waals surface area contributed by atoms with Gasteiger partial charge in [-0.3, -0.25) is 4.98 Å². The van der Waals surface area contributed by atoms with Crippen LogP contribution < -0.4 is 5.32 Å². The maximum atomic E-state index is 12.4. The number of carbonyl (C=O) groups is 1. The number of urea groups is 1. The third-order valence-corrected chi connectivity index (χ3v) is 3.35. The lowest BCUT2D eigenvalue weighted by Gasteiger charge is -2.28. The number of aromatic nitrogens is 1. The van der Waals surface area contributed by atoms with Crippen molar-refractivity contribution in [2.24, 2.45) is 0 Å². The van der Waals surface area contributed by atoms with Crippen LogP contribution in [0.4, 0.5) is 10.5 Å². The van der Waals surface area contributed by atoms with Crippen LogP contribution >= 0.6 is 0 Å². The molecule has 2 aromatic rings. The second-order valence-electron chi connectivity index (χ2n) is 6.09. The Morgan fingerprint density at radius 1 is 1.32 bits per heavy atom. The fraction of sp³-hybridized carbons (Fsp3) is 0.412. The molecule has 0 aliphatic rings. The number of benzene rings is 1. The zero-order valence-corrected chi connectivity index (χ0v) is 13.6. The van der Waals surface area contributed by atoms with Crippen molar-refractivity contribution in [3.05, 3.63) is 36.0 Å². The summed E-state index contributed by atoms with van der Waals surface area (Å²) in [5.74, 6) is 0. The fourth-order valence-corrected chi connectivity index (χ4v) is 2.33. The molecule has 2 amide bonds. The molecule has 5 heteroatoms. The SMILES string of the molecule is CCN(CC(C)(C)O)C(=O)Nc1cccc2ccc(C)nc12. The minimum absolute atomic E-state index is 0.236. The molecule has 0 bridgehead atoms. The molecule has 0 saturated heterocycles. The summed E-state index contributed by atoms with van der Waals surface area (Å²) < 4.78 is 0. The van der Waals surface area contributed by atoms with E-state index in [1.54, 1.807) is 18.7 Å². The summed E-state index contributed by atoms with van der Waals surface area (Å²) in [5.41, 5.74) is 1.43. The summed E-state index contributed by atoms with van der Waals surface area (Å²) in [6, 6.07) is 9.39. The molecule has 1 aromatic heterocycles. The van der Waals surface area contributed by atoms with E-state index in [0.29, 0.717) is 12.2 Å². The van der Waals surface area contributed by atoms with Gasteiger partial charge in [-0.1, -0.05) is 18.2 Å². The third-order valence-electron chi connectivity index (χ3n) is 3.35. The topological polar surface area (TPSA) is 65.5 Å². The highest BCUT2D eigenvalue weighted by Crippen LogP contribution is 2.22. The van der Waals surface area contributed by atoms with Crippen molar-refractivity contribution >= 4 is 22.6 Å². The number of likely N-dealkylation sites (N-methyl/N-ethyl adjacent to an activating group) is 1. The number of hydrogen-bond donors (Lipinski definition) is 2. The minimum Gasteiger partial charge on any atom is -0.389 e. The summed E-state index contributed by atoms with van der Waals surface area (Å²) in [7, 11) is 0. The maximum absolute atomic E-state index is 12.4. The highest BCUT2D eigenvalue weighted by Gasteiger charge is 2.21. The van der Waals surface area contributed by atoms with Crippen LogP contribution in [0.25, 0.3) is 10.9 Å². The van der Waals surface area contributed by atoms with Gasteiger partial charge in [0.2, 0.25) is 0 Å². The number of rotatable bonds is 4. The summed E-state index contributed by atoms with van der Waals surface area (Å²) >= 11 is 0. The van der Waals surface area contributed by atoms with Gasteiger partial charge in [-0.25, -0.2) is 4.79 Å². The largest absolute Gasteiger partial charge is 0.389 e. The van der Waals surface area contributed by atoms with Gasteiger partial charge in [-0.2, -0.15) is 0 Å². The lowest BCUT2D eigenvalue weighted by atomic mass is 10.1. The predicted octanol–water partition coefficient (Wildman–Crippen LogP) is 3.17. The number of aryl methyl sites for hydroxylation is 1. The zero-order valence-electron chi connectivity index (χ0n) is 13.6. The van der Waals surface area contributed by atoms with E-state index in [0.717, 1.165) is 16.6 Å². The van der Waals surface area contributed by atoms with Crippen molar-refractivity contribution in [3.63, 3.8) is 0 Å². The van der Waals surface area contributed by atoms with Crippen LogP contribution in [-0.4, -0.2) is 39.7 Å². The third kappa shape index (κ3) is 3.95. The van der Waals surface area contributed by atoms with E-state index in [1.807, 2.05) is 44.2 Å². The number of amides is 2. The van der Waals surface area contributed by atoms with Crippen molar-refractivity contribution in [3.8, 4) is 0 Å². The Balaban J connectivity index is 2.26. The van der Waals surface area contributed by atoms with Crippen molar-refractivity contribution in [1.82, 2.24) is 9.88 Å². The molecule has 22 heavy (non-hydrogen) atoms. The van der Waals surface area contributed by atoms with Crippen LogP contribution in [-0.2, 0) is 0 Å². The number of carbonyl (C=O) groups excluding carboxylic acids is 1. The number of anilines is 1. The molecule has 0 atom stereocenters. The van der Waals surface area contributed by atoms with E-state index in [1.165, 1.54) is 0 Å². The Morgan fingerprint density at radius 3 is 2.68 bits per heavy atom. The number of hydrogen-bond acceptors (Lipinski definition) is 3. The molecule has 1 aromatic carbocycles. The number of para-hydroxylation sites is 1. The normalized spacial score (nSPS) is 11.5. The van der Waals surface area contributed by atoms with Crippen molar-refractivity contribution < 1.29 is 9.90 Å². The molecule has 0 aliphatic heterocycles. The van der Waals surface area contributed by atoms with Gasteiger partial charge in [-0.05, 0) is 39.8 Å². The Hall–Kier alpha value is -2.14. The zero-order chi connectivity index (χ0) is 16.3. The van der Waals surface area contributed by atoms with Crippen LogP contribution in [0.3, 0.4) is 0 Å². The molecular weight excluding hydrogens is 278 g/mol. The van der Waals surface area contributed by atoms with Gasteiger partial charge in [0.25, 0.3) is 0 Å². The van der Waals surface area contributed by atoms with Gasteiger partial charge in [-0.15, -0.1) is 0 Å². The molecule has 0 fully saturated rings. The van der Waals surface area contributed by atoms with Crippen LogP contribution in [0.15, 0.2) is 30.3 Å². The van der Waals surface area contributed by atoms with Gasteiger partial charge in [0.05, 0.1) is 23.3 Å². The number of nitrogens with zero attached hydrogens (tertiary/aromatic N) is 2. The molecule has 0 radical (unpaired) electrons. The molecule has 0 saturated carbocycles. The first-order valence-corrected chi connectivity index (χ1v) is 7.45. The number of pyridine rings is 1. The van der Waals surface area contributed by atoms with E-state index >= 15 is 0 Å². The minimum atomic E-state index is -0.930. The van der Waals surface area contributed by atoms with E-state index in [2.05, 4.69) is 10.3 Å². The van der Waals surface area contributed by atoms with E-state index in [9.17, 15) is 9.90 Å². The van der Waals surface area contributed by atoms with Gasteiger partial charge in [0.15, 0.2) is 0 Å². The smallest absolute Gasteiger partial charge is 0.321 e. The second kappa shape index (κ2) is 6.32. The first kappa shape index (κ1) is 16.2. The predicted molar refractivity (Wildman–Crippen MR) is 89.0 cm³/mol. The average molecular weight is 301 g/mol. The van der Waals surface area contributed by atoms with Crippen LogP contribution in [0, 0.1) is 6.92 Å². The molecule has 0 aliphatic carbocycles. The van der Waals surface area contributed by atoms with Gasteiger partial charge in [0.1, 0.15) is 0 Å². The Bertz CT molecular complexity index is 677. The Labute approximate surface area is 131 Å². The number of aliphatic hydroxyl groups is 1. The van der Waals surface area contributed by atoms with Crippen LogP contribution in [0.2, 0.25) is 0 Å². The van der Waals surface area contributed by atoms with Crippen molar-refractivity contribution in [2.75, 3.05) is 18.4 Å². The van der Waals surface area contributed by atoms with Gasteiger partial charge in [0, 0.05) is 17.6 Å². The summed E-state index contributed by atoms with van der Waals surface area (Å²) in [6.07, 6.45) is 0. The Morgan fingerprint density at radius 2 is 2.05 bits per heavy atom. The molecule has 2 N–H and O–H groups in total. The van der Waals surface area contributed by atoms with Gasteiger partial charge < -0.3 is 15.3 Å².